The number of rotatable bonds is 2. The highest BCUT2D eigenvalue weighted by Gasteiger charge is 2.20. The third-order valence-corrected chi connectivity index (χ3v) is 4.07. The number of aromatic nitrogens is 4. The Labute approximate surface area is 127 Å². The Hall–Kier alpha value is -2.50. The molecule has 3 heterocycles. The summed E-state index contributed by atoms with van der Waals surface area (Å²) in [7, 11) is 0. The van der Waals surface area contributed by atoms with Crippen molar-refractivity contribution in [2.24, 2.45) is 0 Å². The van der Waals surface area contributed by atoms with Crippen molar-refractivity contribution in [2.45, 2.75) is 32.4 Å². The Morgan fingerprint density at radius 2 is 2.23 bits per heavy atom. The van der Waals surface area contributed by atoms with Gasteiger partial charge in [-0.25, -0.2) is 19.3 Å². The highest BCUT2D eigenvalue weighted by molar-refractivity contribution is 5.89. The Morgan fingerprint density at radius 1 is 1.32 bits per heavy atom. The molecular weight excluding hydrogens is 281 g/mol. The minimum atomic E-state index is -0.320. The number of aryl methyl sites for hydroxylation is 2. The van der Waals surface area contributed by atoms with E-state index in [-0.39, 0.29) is 11.9 Å². The van der Waals surface area contributed by atoms with E-state index in [1.165, 1.54) is 12.4 Å². The Bertz CT molecular complexity index is 842. The van der Waals surface area contributed by atoms with Crippen molar-refractivity contribution in [1.82, 2.24) is 19.5 Å². The Balaban J connectivity index is 1.63. The molecule has 112 valence electrons. The van der Waals surface area contributed by atoms with Gasteiger partial charge >= 0.3 is 0 Å². The minimum absolute atomic E-state index is 0.252. The van der Waals surface area contributed by atoms with Gasteiger partial charge in [-0.1, -0.05) is 6.07 Å². The van der Waals surface area contributed by atoms with E-state index in [1.807, 2.05) is 13.0 Å². The van der Waals surface area contributed by atoms with E-state index in [4.69, 9.17) is 0 Å². The minimum Gasteiger partial charge on any atom is -0.365 e. The second-order valence-electron chi connectivity index (χ2n) is 5.69. The summed E-state index contributed by atoms with van der Waals surface area (Å²) in [5.74, 6) is 1.50. The maximum Gasteiger partial charge on any atom is 0.149 e. The molecule has 1 atom stereocenters. The van der Waals surface area contributed by atoms with Gasteiger partial charge in [0.2, 0.25) is 0 Å². The van der Waals surface area contributed by atoms with Crippen molar-refractivity contribution >= 4 is 16.7 Å². The van der Waals surface area contributed by atoms with Crippen molar-refractivity contribution in [3.8, 4) is 0 Å². The first-order valence-corrected chi connectivity index (χ1v) is 7.39. The third kappa shape index (κ3) is 2.20. The van der Waals surface area contributed by atoms with Gasteiger partial charge in [0.05, 0.1) is 5.69 Å². The lowest BCUT2D eigenvalue weighted by Gasteiger charge is -2.25. The number of hydrogen-bond donors (Lipinski definition) is 1. The van der Waals surface area contributed by atoms with Crippen LogP contribution in [0.5, 0.6) is 0 Å². The van der Waals surface area contributed by atoms with E-state index < -0.39 is 0 Å². The summed E-state index contributed by atoms with van der Waals surface area (Å²) in [6.45, 7) is 2.85. The molecule has 3 aromatic rings. The fraction of sp³-hybridized carbons (Fsp3) is 0.312. The van der Waals surface area contributed by atoms with E-state index in [2.05, 4.69) is 31.0 Å². The van der Waals surface area contributed by atoms with Crippen LogP contribution in [0.1, 0.15) is 17.9 Å². The van der Waals surface area contributed by atoms with Crippen LogP contribution < -0.4 is 5.32 Å². The molecule has 1 aliphatic rings. The predicted octanol–water partition coefficient (Wildman–Crippen LogP) is 2.70. The van der Waals surface area contributed by atoms with Gasteiger partial charge in [0, 0.05) is 30.6 Å². The third-order valence-electron chi connectivity index (χ3n) is 4.07. The van der Waals surface area contributed by atoms with Crippen LogP contribution in [-0.4, -0.2) is 25.6 Å². The molecule has 6 heteroatoms. The molecule has 1 aliphatic heterocycles. The molecule has 4 rings (SSSR count). The summed E-state index contributed by atoms with van der Waals surface area (Å²) >= 11 is 0. The predicted molar refractivity (Wildman–Crippen MR) is 82.2 cm³/mol. The lowest BCUT2D eigenvalue weighted by atomic mass is 10.1. The summed E-state index contributed by atoms with van der Waals surface area (Å²) in [4.78, 5) is 12.8. The van der Waals surface area contributed by atoms with Gasteiger partial charge < -0.3 is 9.88 Å². The van der Waals surface area contributed by atoms with Crippen LogP contribution in [-0.2, 0) is 13.0 Å². The van der Waals surface area contributed by atoms with E-state index in [0.717, 1.165) is 36.3 Å². The Morgan fingerprint density at radius 3 is 3.14 bits per heavy atom. The molecule has 2 aromatic heterocycles. The maximum atomic E-state index is 13.8. The van der Waals surface area contributed by atoms with Gasteiger partial charge in [0.25, 0.3) is 0 Å². The summed E-state index contributed by atoms with van der Waals surface area (Å²) in [6, 6.07) is 5.20. The fourth-order valence-corrected chi connectivity index (χ4v) is 3.06. The molecule has 5 nitrogen and oxygen atoms in total. The molecule has 0 bridgehead atoms. The van der Waals surface area contributed by atoms with Crippen LogP contribution >= 0.6 is 0 Å². The van der Waals surface area contributed by atoms with Gasteiger partial charge in [-0.15, -0.1) is 0 Å². The first kappa shape index (κ1) is 13.2. The van der Waals surface area contributed by atoms with E-state index in [1.54, 1.807) is 6.07 Å². The second kappa shape index (κ2) is 5.05. The number of halogens is 1. The van der Waals surface area contributed by atoms with E-state index in [0.29, 0.717) is 11.3 Å². The lowest BCUT2D eigenvalue weighted by Crippen LogP contribution is -2.31. The number of imidazole rings is 1. The topological polar surface area (TPSA) is 55.6 Å². The highest BCUT2D eigenvalue weighted by Crippen LogP contribution is 2.24. The molecule has 1 N–H and O–H groups in total. The van der Waals surface area contributed by atoms with Gasteiger partial charge in [-0.2, -0.15) is 0 Å². The zero-order chi connectivity index (χ0) is 15.1. The number of nitrogens with one attached hydrogen (secondary N) is 1. The van der Waals surface area contributed by atoms with Crippen molar-refractivity contribution < 1.29 is 4.39 Å². The fourth-order valence-electron chi connectivity index (χ4n) is 3.06. The average molecular weight is 297 g/mol. The van der Waals surface area contributed by atoms with Crippen molar-refractivity contribution in [3.05, 3.63) is 48.1 Å². The zero-order valence-corrected chi connectivity index (χ0v) is 12.3. The zero-order valence-electron chi connectivity index (χ0n) is 12.3. The van der Waals surface area contributed by atoms with Gasteiger partial charge in [0.15, 0.2) is 0 Å². The molecule has 1 unspecified atom stereocenters. The lowest BCUT2D eigenvalue weighted by molar-refractivity contribution is 0.476. The quantitative estimate of drug-likeness (QED) is 0.790. The summed E-state index contributed by atoms with van der Waals surface area (Å²) in [5.41, 5.74) is 1.40. The number of hydrogen-bond acceptors (Lipinski definition) is 4. The van der Waals surface area contributed by atoms with Crippen LogP contribution in [0, 0.1) is 12.7 Å². The summed E-state index contributed by atoms with van der Waals surface area (Å²) < 4.78 is 16.0. The smallest absolute Gasteiger partial charge is 0.149 e. The van der Waals surface area contributed by atoms with Crippen molar-refractivity contribution in [3.63, 3.8) is 0 Å². The van der Waals surface area contributed by atoms with Crippen molar-refractivity contribution in [1.29, 1.82) is 0 Å². The number of benzene rings is 1. The number of para-hydroxylation sites is 1. The standard InChI is InChI=1S/C16H16FN5/c1-10-7-22-8-11(5-6-14(22)20-10)21-16-12-3-2-4-13(17)15(12)18-9-19-16/h2-4,7,9,11H,5-6,8H2,1H3,(H,18,19,21). The second-order valence-corrected chi connectivity index (χ2v) is 5.69. The van der Waals surface area contributed by atoms with Crippen LogP contribution in [0.2, 0.25) is 0 Å². The van der Waals surface area contributed by atoms with Crippen molar-refractivity contribution in [2.75, 3.05) is 5.32 Å². The molecule has 1 aromatic carbocycles. The summed E-state index contributed by atoms with van der Waals surface area (Å²) in [5, 5.41) is 4.15. The summed E-state index contributed by atoms with van der Waals surface area (Å²) in [6.07, 6.45) is 5.39. The number of anilines is 1. The number of fused-ring (bicyclic) bond motifs is 2. The number of nitrogens with zero attached hydrogens (tertiary/aromatic N) is 4. The van der Waals surface area contributed by atoms with Crippen LogP contribution in [0.25, 0.3) is 10.9 Å². The monoisotopic (exact) mass is 297 g/mol. The Kier molecular flexibility index (Phi) is 3.03. The van der Waals surface area contributed by atoms with Gasteiger partial charge in [-0.3, -0.25) is 0 Å². The van der Waals surface area contributed by atoms with E-state index in [9.17, 15) is 4.39 Å². The average Bonchev–Trinajstić information content (AvgIpc) is 2.88. The molecule has 0 fully saturated rings. The molecule has 22 heavy (non-hydrogen) atoms. The molecular formula is C16H16FN5. The first-order chi connectivity index (χ1) is 10.7. The van der Waals surface area contributed by atoms with Crippen LogP contribution in [0.15, 0.2) is 30.7 Å². The molecule has 0 amide bonds. The first-order valence-electron chi connectivity index (χ1n) is 7.39. The molecule has 0 saturated heterocycles. The molecule has 0 spiro atoms. The molecule has 0 saturated carbocycles. The molecule has 0 aliphatic carbocycles. The van der Waals surface area contributed by atoms with Crippen LogP contribution in [0.4, 0.5) is 10.2 Å². The maximum absolute atomic E-state index is 13.8. The van der Waals surface area contributed by atoms with Gasteiger partial charge in [-0.05, 0) is 25.5 Å². The van der Waals surface area contributed by atoms with E-state index >= 15 is 0 Å². The largest absolute Gasteiger partial charge is 0.365 e. The highest BCUT2D eigenvalue weighted by atomic mass is 19.1. The SMILES string of the molecule is Cc1cn2c(n1)CCC(Nc1ncnc3c(F)cccc13)C2. The molecule has 0 radical (unpaired) electrons. The normalized spacial score (nSPS) is 17.5. The van der Waals surface area contributed by atoms with Crippen LogP contribution in [0.3, 0.4) is 0 Å². The van der Waals surface area contributed by atoms with Gasteiger partial charge in [0.1, 0.15) is 29.3 Å².